The Labute approximate surface area is 181 Å². The first-order chi connectivity index (χ1) is 14.6. The van der Waals surface area contributed by atoms with Gasteiger partial charge in [0.05, 0.1) is 11.3 Å². The maximum absolute atomic E-state index is 12.9. The monoisotopic (exact) mass is 422 g/mol. The number of carbonyl (C=O) groups is 1. The number of pyridine rings is 1. The molecule has 1 saturated heterocycles. The van der Waals surface area contributed by atoms with Crippen molar-refractivity contribution in [2.45, 2.75) is 31.0 Å². The normalized spacial score (nSPS) is 16.1. The fourth-order valence-corrected chi connectivity index (χ4v) is 4.88. The van der Waals surface area contributed by atoms with Gasteiger partial charge in [0.15, 0.2) is 0 Å². The van der Waals surface area contributed by atoms with E-state index in [1.54, 1.807) is 6.20 Å². The number of amides is 1. The summed E-state index contributed by atoms with van der Waals surface area (Å²) in [6, 6.07) is 14.1. The number of carbonyl (C=O) groups excluding carboxylic acids is 1. The van der Waals surface area contributed by atoms with E-state index in [0.29, 0.717) is 23.8 Å². The van der Waals surface area contributed by atoms with E-state index in [4.69, 9.17) is 4.52 Å². The summed E-state index contributed by atoms with van der Waals surface area (Å²) >= 11 is 1.54. The minimum absolute atomic E-state index is 0.0671. The van der Waals surface area contributed by atoms with Crippen molar-refractivity contribution in [2.24, 2.45) is 5.92 Å². The highest BCUT2D eigenvalue weighted by Crippen LogP contribution is 2.27. The average molecular weight is 423 g/mol. The number of benzene rings is 1. The summed E-state index contributed by atoms with van der Waals surface area (Å²) in [6.07, 6.45) is 2.80. The van der Waals surface area contributed by atoms with Gasteiger partial charge in [0.25, 0.3) is 5.91 Å². The van der Waals surface area contributed by atoms with Gasteiger partial charge in [-0.05, 0) is 50.5 Å². The van der Waals surface area contributed by atoms with Gasteiger partial charge in [-0.2, -0.15) is 0 Å². The van der Waals surface area contributed by atoms with E-state index in [1.807, 2.05) is 32.0 Å². The van der Waals surface area contributed by atoms with Gasteiger partial charge in [0.1, 0.15) is 10.8 Å². The molecule has 156 valence electrons. The molecular formula is C23H26N4O2S. The summed E-state index contributed by atoms with van der Waals surface area (Å²) < 4.78 is 5.23. The van der Waals surface area contributed by atoms with E-state index in [-0.39, 0.29) is 5.91 Å². The van der Waals surface area contributed by atoms with Crippen molar-refractivity contribution in [3.05, 3.63) is 71.2 Å². The number of hydrogen-bond donors (Lipinski definition) is 1. The second kappa shape index (κ2) is 9.34. The summed E-state index contributed by atoms with van der Waals surface area (Å²) in [5.41, 5.74) is 3.80. The lowest BCUT2D eigenvalue weighted by Gasteiger charge is -2.18. The smallest absolute Gasteiger partial charge is 0.254 e. The highest BCUT2D eigenvalue weighted by Gasteiger charge is 2.24. The maximum Gasteiger partial charge on any atom is 0.254 e. The zero-order valence-electron chi connectivity index (χ0n) is 17.3. The number of aryl methyl sites for hydroxylation is 2. The number of hydrogen-bond acceptors (Lipinski definition) is 6. The van der Waals surface area contributed by atoms with Crippen molar-refractivity contribution in [2.75, 3.05) is 24.5 Å². The van der Waals surface area contributed by atoms with Gasteiger partial charge in [0, 0.05) is 42.8 Å². The van der Waals surface area contributed by atoms with Crippen molar-refractivity contribution in [1.29, 1.82) is 0 Å². The summed E-state index contributed by atoms with van der Waals surface area (Å²) in [6.45, 7) is 6.49. The van der Waals surface area contributed by atoms with Gasteiger partial charge in [-0.1, -0.05) is 23.4 Å². The molecule has 1 atom stereocenters. The Morgan fingerprint density at radius 1 is 1.23 bits per heavy atom. The van der Waals surface area contributed by atoms with Crippen LogP contribution in [0.1, 0.15) is 33.8 Å². The van der Waals surface area contributed by atoms with Crippen LogP contribution in [0.5, 0.6) is 0 Å². The van der Waals surface area contributed by atoms with E-state index in [0.717, 1.165) is 41.6 Å². The van der Waals surface area contributed by atoms with Crippen LogP contribution < -0.4 is 10.2 Å². The first kappa shape index (κ1) is 20.5. The Morgan fingerprint density at radius 2 is 2.07 bits per heavy atom. The van der Waals surface area contributed by atoms with Crippen LogP contribution in [0.4, 0.5) is 5.69 Å². The molecule has 0 radical (unpaired) electrons. The molecule has 0 saturated carbocycles. The molecule has 4 rings (SSSR count). The molecular weight excluding hydrogens is 396 g/mol. The van der Waals surface area contributed by atoms with E-state index >= 15 is 0 Å². The van der Waals surface area contributed by atoms with Crippen LogP contribution in [0.15, 0.2) is 58.2 Å². The zero-order valence-corrected chi connectivity index (χ0v) is 18.1. The first-order valence-corrected chi connectivity index (χ1v) is 11.2. The Bertz CT molecular complexity index is 986. The number of aromatic nitrogens is 2. The summed E-state index contributed by atoms with van der Waals surface area (Å²) in [4.78, 5) is 19.7. The Morgan fingerprint density at radius 3 is 2.83 bits per heavy atom. The SMILES string of the molecule is Cc1noc(C)c1CSc1ncccc1C(=O)NCC1CCN(c2ccccc2)C1. The van der Waals surface area contributed by atoms with E-state index in [1.165, 1.54) is 17.4 Å². The predicted octanol–water partition coefficient (Wildman–Crippen LogP) is 4.24. The van der Waals surface area contributed by atoms with Gasteiger partial charge in [-0.15, -0.1) is 11.8 Å². The van der Waals surface area contributed by atoms with Crippen LogP contribution in [0, 0.1) is 19.8 Å². The topological polar surface area (TPSA) is 71.3 Å². The molecule has 0 spiro atoms. The van der Waals surface area contributed by atoms with Crippen LogP contribution in [-0.2, 0) is 5.75 Å². The minimum atomic E-state index is -0.0671. The third-order valence-corrected chi connectivity index (χ3v) is 6.54. The predicted molar refractivity (Wildman–Crippen MR) is 119 cm³/mol. The molecule has 3 heterocycles. The molecule has 30 heavy (non-hydrogen) atoms. The lowest BCUT2D eigenvalue weighted by molar-refractivity contribution is 0.0944. The van der Waals surface area contributed by atoms with Gasteiger partial charge in [-0.25, -0.2) is 4.98 Å². The molecule has 3 aromatic rings. The fourth-order valence-electron chi connectivity index (χ4n) is 3.73. The van der Waals surface area contributed by atoms with Crippen molar-refractivity contribution < 1.29 is 9.32 Å². The maximum atomic E-state index is 12.9. The number of rotatable bonds is 7. The van der Waals surface area contributed by atoms with Gasteiger partial charge in [-0.3, -0.25) is 4.79 Å². The molecule has 1 aliphatic rings. The molecule has 6 nitrogen and oxygen atoms in total. The van der Waals surface area contributed by atoms with Crippen LogP contribution in [0.3, 0.4) is 0 Å². The number of nitrogens with zero attached hydrogens (tertiary/aromatic N) is 3. The Kier molecular flexibility index (Phi) is 6.38. The highest BCUT2D eigenvalue weighted by molar-refractivity contribution is 7.98. The summed E-state index contributed by atoms with van der Waals surface area (Å²) in [7, 11) is 0. The second-order valence-corrected chi connectivity index (χ2v) is 8.56. The molecule has 1 fully saturated rings. The number of para-hydroxylation sites is 1. The lowest BCUT2D eigenvalue weighted by atomic mass is 10.1. The van der Waals surface area contributed by atoms with Crippen molar-refractivity contribution >= 4 is 23.4 Å². The van der Waals surface area contributed by atoms with Crippen molar-refractivity contribution in [3.63, 3.8) is 0 Å². The second-order valence-electron chi connectivity index (χ2n) is 7.59. The van der Waals surface area contributed by atoms with Gasteiger partial charge >= 0.3 is 0 Å². The molecule has 1 N–H and O–H groups in total. The van der Waals surface area contributed by atoms with Crippen LogP contribution in [0.2, 0.25) is 0 Å². The molecule has 1 aliphatic heterocycles. The van der Waals surface area contributed by atoms with E-state index in [2.05, 4.69) is 44.6 Å². The quantitative estimate of drug-likeness (QED) is 0.575. The summed E-state index contributed by atoms with van der Waals surface area (Å²) in [5, 5.41) is 7.84. The zero-order chi connectivity index (χ0) is 20.9. The summed E-state index contributed by atoms with van der Waals surface area (Å²) in [5.74, 6) is 1.87. The molecule has 1 amide bonds. The Hall–Kier alpha value is -2.80. The third-order valence-electron chi connectivity index (χ3n) is 5.51. The number of anilines is 1. The largest absolute Gasteiger partial charge is 0.371 e. The molecule has 1 unspecified atom stereocenters. The molecule has 2 aromatic heterocycles. The Balaban J connectivity index is 1.34. The van der Waals surface area contributed by atoms with Crippen molar-refractivity contribution in [3.8, 4) is 0 Å². The first-order valence-electron chi connectivity index (χ1n) is 10.2. The number of thioether (sulfide) groups is 1. The van der Waals surface area contributed by atoms with Crippen LogP contribution in [-0.4, -0.2) is 35.7 Å². The van der Waals surface area contributed by atoms with Crippen LogP contribution in [0.25, 0.3) is 0 Å². The molecule has 7 heteroatoms. The van der Waals surface area contributed by atoms with Gasteiger partial charge in [0.2, 0.25) is 0 Å². The third kappa shape index (κ3) is 4.67. The average Bonchev–Trinajstić information content (AvgIpc) is 3.38. The van der Waals surface area contributed by atoms with Gasteiger partial charge < -0.3 is 14.7 Å². The standard InChI is InChI=1S/C23H26N4O2S/c1-16-21(17(2)29-26-16)15-30-23-20(9-6-11-24-23)22(28)25-13-18-10-12-27(14-18)19-7-4-3-5-8-19/h3-9,11,18H,10,12-15H2,1-2H3,(H,25,28). The molecule has 0 bridgehead atoms. The minimum Gasteiger partial charge on any atom is -0.371 e. The molecule has 1 aromatic carbocycles. The highest BCUT2D eigenvalue weighted by atomic mass is 32.2. The van der Waals surface area contributed by atoms with Crippen LogP contribution >= 0.6 is 11.8 Å². The molecule has 0 aliphatic carbocycles. The number of nitrogens with one attached hydrogen (secondary N) is 1. The lowest BCUT2D eigenvalue weighted by Crippen LogP contribution is -2.31. The van der Waals surface area contributed by atoms with Crippen molar-refractivity contribution in [1.82, 2.24) is 15.5 Å². The van der Waals surface area contributed by atoms with E-state index in [9.17, 15) is 4.79 Å². The fraction of sp³-hybridized carbons (Fsp3) is 0.348. The van der Waals surface area contributed by atoms with E-state index < -0.39 is 0 Å².